The SMILES string of the molecule is CCCCCC/C=C\CCCCCCCCCCCC[C@@H](OC(C)=O)C(=O)O. The number of ether oxygens (including phenoxy) is 1. The molecule has 0 fully saturated rings. The first-order valence-electron chi connectivity index (χ1n) is 11.6. The van der Waals surface area contributed by atoms with E-state index in [0.717, 1.165) is 19.3 Å². The molecule has 0 saturated carbocycles. The van der Waals surface area contributed by atoms with Crippen LogP contribution in [0.1, 0.15) is 123 Å². The molecule has 4 nitrogen and oxygen atoms in total. The van der Waals surface area contributed by atoms with Crippen molar-refractivity contribution >= 4 is 11.9 Å². The maximum Gasteiger partial charge on any atom is 0.345 e. The fourth-order valence-electron chi connectivity index (χ4n) is 3.36. The minimum atomic E-state index is -1.04. The molecule has 1 atom stereocenters. The fraction of sp³-hybridized carbons (Fsp3) is 0.833. The van der Waals surface area contributed by atoms with Gasteiger partial charge >= 0.3 is 11.9 Å². The minimum absolute atomic E-state index is 0.419. The van der Waals surface area contributed by atoms with Gasteiger partial charge in [0, 0.05) is 6.92 Å². The molecule has 0 rings (SSSR count). The van der Waals surface area contributed by atoms with Crippen LogP contribution in [0.2, 0.25) is 0 Å². The number of carbonyl (C=O) groups is 2. The van der Waals surface area contributed by atoms with Crippen LogP contribution in [0.3, 0.4) is 0 Å². The number of aliphatic carboxylic acids is 1. The largest absolute Gasteiger partial charge is 0.479 e. The Hall–Kier alpha value is -1.32. The van der Waals surface area contributed by atoms with Gasteiger partial charge in [0.05, 0.1) is 0 Å². The lowest BCUT2D eigenvalue weighted by molar-refractivity contribution is -0.163. The average molecular weight is 397 g/mol. The van der Waals surface area contributed by atoms with Gasteiger partial charge in [0.15, 0.2) is 6.10 Å². The van der Waals surface area contributed by atoms with Crippen LogP contribution in [-0.4, -0.2) is 23.1 Å². The first kappa shape index (κ1) is 26.7. The summed E-state index contributed by atoms with van der Waals surface area (Å²) in [4.78, 5) is 21.8. The molecule has 4 heteroatoms. The van der Waals surface area contributed by atoms with Crippen LogP contribution in [-0.2, 0) is 14.3 Å². The Bertz CT molecular complexity index is 403. The molecule has 0 aromatic carbocycles. The summed E-state index contributed by atoms with van der Waals surface area (Å²) in [5.41, 5.74) is 0. The third-order valence-corrected chi connectivity index (χ3v) is 5.06. The molecular weight excluding hydrogens is 352 g/mol. The molecule has 0 aromatic rings. The highest BCUT2D eigenvalue weighted by Gasteiger charge is 2.19. The van der Waals surface area contributed by atoms with Gasteiger partial charge in [0.1, 0.15) is 0 Å². The third-order valence-electron chi connectivity index (χ3n) is 5.06. The number of carboxylic acid groups (broad SMARTS) is 1. The Morgan fingerprint density at radius 3 is 1.61 bits per heavy atom. The Labute approximate surface area is 173 Å². The molecule has 0 amide bonds. The minimum Gasteiger partial charge on any atom is -0.479 e. The Kier molecular flexibility index (Phi) is 19.5. The number of carbonyl (C=O) groups excluding carboxylic acids is 1. The molecule has 0 heterocycles. The second-order valence-electron chi connectivity index (χ2n) is 7.87. The van der Waals surface area contributed by atoms with Crippen molar-refractivity contribution in [3.63, 3.8) is 0 Å². The second kappa shape index (κ2) is 20.4. The first-order valence-corrected chi connectivity index (χ1v) is 11.6. The normalized spacial score (nSPS) is 12.4. The van der Waals surface area contributed by atoms with E-state index in [-0.39, 0.29) is 0 Å². The van der Waals surface area contributed by atoms with E-state index in [1.165, 1.54) is 90.4 Å². The zero-order chi connectivity index (χ0) is 20.9. The molecule has 0 aliphatic rings. The van der Waals surface area contributed by atoms with Crippen LogP contribution in [0.5, 0.6) is 0 Å². The van der Waals surface area contributed by atoms with Crippen molar-refractivity contribution in [3.8, 4) is 0 Å². The molecule has 1 N–H and O–H groups in total. The summed E-state index contributed by atoms with van der Waals surface area (Å²) in [5.74, 6) is -1.57. The molecule has 0 radical (unpaired) electrons. The summed E-state index contributed by atoms with van der Waals surface area (Å²) >= 11 is 0. The van der Waals surface area contributed by atoms with E-state index in [1.54, 1.807) is 0 Å². The fourth-order valence-corrected chi connectivity index (χ4v) is 3.36. The molecule has 0 aromatic heterocycles. The van der Waals surface area contributed by atoms with Gasteiger partial charge in [-0.1, -0.05) is 89.7 Å². The molecule has 0 unspecified atom stereocenters. The molecule has 0 aliphatic carbocycles. The highest BCUT2D eigenvalue weighted by Crippen LogP contribution is 2.14. The lowest BCUT2D eigenvalue weighted by Crippen LogP contribution is -2.25. The summed E-state index contributed by atoms with van der Waals surface area (Å²) in [5, 5.41) is 8.98. The Balaban J connectivity index is 3.30. The molecule has 0 aliphatic heterocycles. The van der Waals surface area contributed by atoms with E-state index >= 15 is 0 Å². The summed E-state index contributed by atoms with van der Waals surface area (Å²) in [7, 11) is 0. The number of hydrogen-bond acceptors (Lipinski definition) is 3. The van der Waals surface area contributed by atoms with Crippen LogP contribution in [0.4, 0.5) is 0 Å². The predicted octanol–water partition coefficient (Wildman–Crippen LogP) is 7.21. The van der Waals surface area contributed by atoms with Crippen molar-refractivity contribution in [2.24, 2.45) is 0 Å². The smallest absolute Gasteiger partial charge is 0.345 e. The lowest BCUT2D eigenvalue weighted by atomic mass is 10.0. The second-order valence-corrected chi connectivity index (χ2v) is 7.87. The predicted molar refractivity (Wildman–Crippen MR) is 116 cm³/mol. The quantitative estimate of drug-likeness (QED) is 0.134. The molecular formula is C24H44O4. The van der Waals surface area contributed by atoms with Gasteiger partial charge in [0.2, 0.25) is 0 Å². The molecule has 0 saturated heterocycles. The maximum absolute atomic E-state index is 11.0. The van der Waals surface area contributed by atoms with Gasteiger partial charge in [0.25, 0.3) is 0 Å². The van der Waals surface area contributed by atoms with Gasteiger partial charge in [-0.05, 0) is 38.5 Å². The first-order chi connectivity index (χ1) is 13.6. The zero-order valence-electron chi connectivity index (χ0n) is 18.4. The van der Waals surface area contributed by atoms with Crippen LogP contribution >= 0.6 is 0 Å². The van der Waals surface area contributed by atoms with Crippen molar-refractivity contribution in [2.75, 3.05) is 0 Å². The van der Waals surface area contributed by atoms with E-state index in [2.05, 4.69) is 19.1 Å². The number of hydrogen-bond donors (Lipinski definition) is 1. The lowest BCUT2D eigenvalue weighted by Gasteiger charge is -2.11. The molecule has 28 heavy (non-hydrogen) atoms. The highest BCUT2D eigenvalue weighted by atomic mass is 16.6. The number of esters is 1. The standard InChI is InChI=1S/C24H44O4/c1-3-4-5-6-7-8-9-10-11-12-13-14-15-16-17-18-19-20-21-23(24(26)27)28-22(2)25/h8-9,23H,3-7,10-21H2,1-2H3,(H,26,27)/b9-8-/t23-/m1/s1. The van der Waals surface area contributed by atoms with E-state index < -0.39 is 18.0 Å². The number of unbranched alkanes of at least 4 members (excludes halogenated alkanes) is 14. The van der Waals surface area contributed by atoms with Crippen molar-refractivity contribution < 1.29 is 19.4 Å². The number of allylic oxidation sites excluding steroid dienone is 2. The molecule has 0 bridgehead atoms. The monoisotopic (exact) mass is 396 g/mol. The summed E-state index contributed by atoms with van der Waals surface area (Å²) < 4.78 is 4.80. The van der Waals surface area contributed by atoms with Crippen molar-refractivity contribution in [3.05, 3.63) is 12.2 Å². The Morgan fingerprint density at radius 1 is 0.750 bits per heavy atom. The highest BCUT2D eigenvalue weighted by molar-refractivity contribution is 5.76. The number of rotatable bonds is 20. The van der Waals surface area contributed by atoms with Gasteiger partial charge in [-0.15, -0.1) is 0 Å². The molecule has 164 valence electrons. The zero-order valence-corrected chi connectivity index (χ0v) is 18.4. The summed E-state index contributed by atoms with van der Waals surface area (Å²) in [6.07, 6.45) is 24.1. The van der Waals surface area contributed by atoms with E-state index in [1.807, 2.05) is 0 Å². The number of carboxylic acids is 1. The van der Waals surface area contributed by atoms with Gasteiger partial charge in [-0.25, -0.2) is 4.79 Å². The van der Waals surface area contributed by atoms with Crippen molar-refractivity contribution in [2.45, 2.75) is 129 Å². The maximum atomic E-state index is 11.0. The van der Waals surface area contributed by atoms with Crippen LogP contribution in [0.25, 0.3) is 0 Å². The van der Waals surface area contributed by atoms with E-state index in [9.17, 15) is 9.59 Å². The van der Waals surface area contributed by atoms with E-state index in [0.29, 0.717) is 6.42 Å². The van der Waals surface area contributed by atoms with E-state index in [4.69, 9.17) is 9.84 Å². The molecule has 0 spiro atoms. The van der Waals surface area contributed by atoms with Gasteiger partial charge in [-0.3, -0.25) is 4.79 Å². The van der Waals surface area contributed by atoms with Gasteiger partial charge < -0.3 is 9.84 Å². The van der Waals surface area contributed by atoms with Crippen LogP contribution in [0.15, 0.2) is 12.2 Å². The van der Waals surface area contributed by atoms with Crippen molar-refractivity contribution in [1.82, 2.24) is 0 Å². The summed E-state index contributed by atoms with van der Waals surface area (Å²) in [6, 6.07) is 0. The van der Waals surface area contributed by atoms with Gasteiger partial charge in [-0.2, -0.15) is 0 Å². The van der Waals surface area contributed by atoms with Crippen LogP contribution < -0.4 is 0 Å². The Morgan fingerprint density at radius 2 is 1.18 bits per heavy atom. The van der Waals surface area contributed by atoms with Crippen molar-refractivity contribution in [1.29, 1.82) is 0 Å². The average Bonchev–Trinajstić information content (AvgIpc) is 2.65. The summed E-state index contributed by atoms with van der Waals surface area (Å²) in [6.45, 7) is 3.51. The topological polar surface area (TPSA) is 63.6 Å². The third kappa shape index (κ3) is 19.4. The van der Waals surface area contributed by atoms with Crippen LogP contribution in [0, 0.1) is 0 Å².